The fourth-order valence-electron chi connectivity index (χ4n) is 2.16. The average Bonchev–Trinajstić information content (AvgIpc) is 2.54. The van der Waals surface area contributed by atoms with Gasteiger partial charge in [0.05, 0.1) is 0 Å². The van der Waals surface area contributed by atoms with E-state index in [1.165, 1.54) is 10.0 Å². The van der Waals surface area contributed by atoms with Crippen molar-refractivity contribution in [2.75, 3.05) is 6.61 Å². The van der Waals surface area contributed by atoms with Crippen molar-refractivity contribution in [3.05, 3.63) is 66.2 Å². The van der Waals surface area contributed by atoms with Crippen LogP contribution in [0.3, 0.4) is 0 Å². The Balaban J connectivity index is 2.21. The van der Waals surface area contributed by atoms with Crippen LogP contribution < -0.4 is 4.46 Å². The summed E-state index contributed by atoms with van der Waals surface area (Å²) < 4.78 is 6.52. The topological polar surface area (TPSA) is 26.3 Å². The number of rotatable bonds is 6. The van der Waals surface area contributed by atoms with Gasteiger partial charge in [-0.15, -0.1) is 0 Å². The molecule has 0 bridgehead atoms. The summed E-state index contributed by atoms with van der Waals surface area (Å²) in [6.07, 6.45) is 0. The van der Waals surface area contributed by atoms with E-state index in [1.807, 2.05) is 43.3 Å². The van der Waals surface area contributed by atoms with E-state index in [2.05, 4.69) is 31.2 Å². The molecule has 2 aromatic carbocycles. The van der Waals surface area contributed by atoms with Gasteiger partial charge in [0.25, 0.3) is 0 Å². The van der Waals surface area contributed by atoms with Crippen LogP contribution in [-0.2, 0) is 9.53 Å². The van der Waals surface area contributed by atoms with Crippen LogP contribution in [0.25, 0.3) is 0 Å². The second-order valence-corrected chi connectivity index (χ2v) is 7.35. The molecule has 0 aliphatic heterocycles. The van der Waals surface area contributed by atoms with Crippen molar-refractivity contribution in [3.63, 3.8) is 0 Å². The Morgan fingerprint density at radius 1 is 1.05 bits per heavy atom. The molecule has 2 rings (SSSR count). The van der Waals surface area contributed by atoms with Crippen LogP contribution in [0.2, 0.25) is 4.82 Å². The van der Waals surface area contributed by atoms with Gasteiger partial charge in [0, 0.05) is 0 Å². The summed E-state index contributed by atoms with van der Waals surface area (Å²) >= 11 is 0.0583. The molecule has 0 aliphatic rings. The van der Waals surface area contributed by atoms with Crippen molar-refractivity contribution < 1.29 is 9.53 Å². The van der Waals surface area contributed by atoms with Crippen molar-refractivity contribution in [1.29, 1.82) is 0 Å². The van der Waals surface area contributed by atoms with Gasteiger partial charge in [0.2, 0.25) is 0 Å². The first-order valence-corrected chi connectivity index (χ1v) is 9.00. The molecule has 0 radical (unpaired) electrons. The molecule has 0 unspecified atom stereocenters. The summed E-state index contributed by atoms with van der Waals surface area (Å²) in [7, 11) is 0. The molecule has 0 spiro atoms. The van der Waals surface area contributed by atoms with E-state index in [0.717, 1.165) is 0 Å². The monoisotopic (exact) mass is 348 g/mol. The van der Waals surface area contributed by atoms with Gasteiger partial charge in [-0.3, -0.25) is 0 Å². The summed E-state index contributed by atoms with van der Waals surface area (Å²) in [5.41, 5.74) is 1.19. The normalized spacial score (nSPS) is 13.4. The molecule has 110 valence electrons. The predicted molar refractivity (Wildman–Crippen MR) is 87.1 cm³/mol. The van der Waals surface area contributed by atoms with Crippen molar-refractivity contribution in [2.24, 2.45) is 0 Å². The van der Waals surface area contributed by atoms with Crippen LogP contribution in [0.1, 0.15) is 25.3 Å². The van der Waals surface area contributed by atoms with Gasteiger partial charge in [-0.2, -0.15) is 0 Å². The molecular weight excluding hydrogens is 327 g/mol. The third-order valence-corrected chi connectivity index (χ3v) is 6.24. The number of carbonyl (C=O) groups excluding carboxylic acids is 1. The Morgan fingerprint density at radius 3 is 2.19 bits per heavy atom. The van der Waals surface area contributed by atoms with Crippen LogP contribution in [0, 0.1) is 0 Å². The Hall–Kier alpha value is -1.57. The Morgan fingerprint density at radius 2 is 1.62 bits per heavy atom. The van der Waals surface area contributed by atoms with Gasteiger partial charge in [-0.05, 0) is 0 Å². The molecule has 0 aliphatic carbocycles. The fraction of sp³-hybridized carbons (Fsp3) is 0.278. The minimum absolute atomic E-state index is 0.0583. The first-order valence-electron chi connectivity index (χ1n) is 7.15. The van der Waals surface area contributed by atoms with Gasteiger partial charge in [-0.25, -0.2) is 0 Å². The molecule has 0 amide bonds. The van der Waals surface area contributed by atoms with E-state index in [9.17, 15) is 4.79 Å². The Bertz CT molecular complexity index is 554. The summed E-state index contributed by atoms with van der Waals surface area (Å²) in [5, 5.41) is 0. The molecule has 0 N–H and O–H groups in total. The molecule has 0 heterocycles. The first-order chi connectivity index (χ1) is 10.2. The van der Waals surface area contributed by atoms with E-state index in [0.29, 0.717) is 6.61 Å². The Kier molecular flexibility index (Phi) is 6.03. The van der Waals surface area contributed by atoms with Crippen LogP contribution in [0.4, 0.5) is 0 Å². The minimum atomic E-state index is -0.0951. The zero-order chi connectivity index (χ0) is 15.1. The van der Waals surface area contributed by atoms with Gasteiger partial charge in [0.15, 0.2) is 0 Å². The van der Waals surface area contributed by atoms with Crippen LogP contribution in [0.15, 0.2) is 60.7 Å². The van der Waals surface area contributed by atoms with E-state index in [-0.39, 0.29) is 31.7 Å². The zero-order valence-electron chi connectivity index (χ0n) is 12.4. The Labute approximate surface area is 132 Å². The van der Waals surface area contributed by atoms with Crippen LogP contribution >= 0.6 is 0 Å². The van der Waals surface area contributed by atoms with Crippen molar-refractivity contribution in [2.45, 2.75) is 24.6 Å². The van der Waals surface area contributed by atoms with Crippen molar-refractivity contribution >= 4 is 25.4 Å². The number of benzene rings is 2. The fourth-order valence-corrected chi connectivity index (χ4v) is 4.53. The van der Waals surface area contributed by atoms with Gasteiger partial charge in [-0.1, -0.05) is 0 Å². The maximum atomic E-state index is 12.4. The second-order valence-electron chi connectivity index (χ2n) is 4.80. The van der Waals surface area contributed by atoms with Crippen LogP contribution in [0.5, 0.6) is 0 Å². The molecule has 0 aromatic heterocycles. The summed E-state index contributed by atoms with van der Waals surface area (Å²) in [5.74, 6) is 0.0724. The second kappa shape index (κ2) is 8.02. The SMILES string of the molecule is CCOC(=O)[C@H]([Se]c1ccccc1)[C@@H](C)c1ccccc1. The summed E-state index contributed by atoms with van der Waals surface area (Å²) in [4.78, 5) is 12.3. The molecule has 0 fully saturated rings. The van der Waals surface area contributed by atoms with Gasteiger partial charge in [0.1, 0.15) is 0 Å². The molecule has 21 heavy (non-hydrogen) atoms. The predicted octanol–water partition coefficient (Wildman–Crippen LogP) is 3.17. The number of hydrogen-bond donors (Lipinski definition) is 0. The number of carbonyl (C=O) groups is 1. The van der Waals surface area contributed by atoms with Crippen molar-refractivity contribution in [3.8, 4) is 0 Å². The maximum absolute atomic E-state index is 12.4. The molecular formula is C18H20O2Se. The van der Waals surface area contributed by atoms with Crippen molar-refractivity contribution in [1.82, 2.24) is 0 Å². The van der Waals surface area contributed by atoms with E-state index < -0.39 is 0 Å². The first kappa shape index (κ1) is 15.8. The average molecular weight is 347 g/mol. The molecule has 0 saturated heterocycles. The third kappa shape index (κ3) is 4.45. The summed E-state index contributed by atoms with van der Waals surface area (Å²) in [6.45, 7) is 4.40. The number of esters is 1. The molecule has 0 saturated carbocycles. The quantitative estimate of drug-likeness (QED) is 0.593. The molecule has 2 aromatic rings. The number of hydrogen-bond acceptors (Lipinski definition) is 2. The van der Waals surface area contributed by atoms with Crippen LogP contribution in [-0.4, -0.2) is 27.5 Å². The van der Waals surface area contributed by atoms with Gasteiger partial charge < -0.3 is 0 Å². The van der Waals surface area contributed by atoms with Gasteiger partial charge >= 0.3 is 132 Å². The zero-order valence-corrected chi connectivity index (χ0v) is 14.1. The molecule has 2 nitrogen and oxygen atoms in total. The van der Waals surface area contributed by atoms with E-state index >= 15 is 0 Å². The van der Waals surface area contributed by atoms with E-state index in [1.54, 1.807) is 0 Å². The molecule has 3 heteroatoms. The number of ether oxygens (including phenoxy) is 1. The third-order valence-electron chi connectivity index (χ3n) is 3.30. The standard InChI is InChI=1S/C18H20O2Se/c1-3-20-18(19)17(21-16-12-8-5-9-13-16)14(2)15-10-6-4-7-11-15/h4-14,17H,3H2,1-2H3/t14-,17+/m0/s1. The molecule has 2 atom stereocenters. The summed E-state index contributed by atoms with van der Waals surface area (Å²) in [6, 6.07) is 20.4. The van der Waals surface area contributed by atoms with E-state index in [4.69, 9.17) is 4.74 Å².